The van der Waals surface area contributed by atoms with Crippen LogP contribution in [0.25, 0.3) is 0 Å². The molecule has 0 spiro atoms. The number of hydrogen-bond acceptors (Lipinski definition) is 7. The van der Waals surface area contributed by atoms with Crippen molar-refractivity contribution in [2.75, 3.05) is 18.0 Å². The van der Waals surface area contributed by atoms with E-state index in [0.717, 1.165) is 68.3 Å². The van der Waals surface area contributed by atoms with Crippen molar-refractivity contribution in [1.82, 2.24) is 15.1 Å². The predicted octanol–water partition coefficient (Wildman–Crippen LogP) is 2.95. The fraction of sp³-hybridized carbons (Fsp3) is 0.688. The molecule has 2 aromatic rings. The van der Waals surface area contributed by atoms with Gasteiger partial charge in [-0.15, -0.1) is 11.3 Å². The summed E-state index contributed by atoms with van der Waals surface area (Å²) in [5.41, 5.74) is 7.16. The first-order chi connectivity index (χ1) is 11.1. The second-order valence-electron chi connectivity index (χ2n) is 6.85. The molecule has 4 rings (SSSR count). The summed E-state index contributed by atoms with van der Waals surface area (Å²) in [5.74, 6) is 1.83. The second-order valence-corrected chi connectivity index (χ2v) is 7.69. The average Bonchev–Trinajstić information content (AvgIpc) is 3.28. The number of aromatic nitrogens is 3. The van der Waals surface area contributed by atoms with Crippen LogP contribution in [0.2, 0.25) is 0 Å². The summed E-state index contributed by atoms with van der Waals surface area (Å²) in [6.07, 6.45) is 6.30. The van der Waals surface area contributed by atoms with E-state index in [4.69, 9.17) is 10.3 Å². The van der Waals surface area contributed by atoms with E-state index in [-0.39, 0.29) is 5.54 Å². The van der Waals surface area contributed by atoms with Crippen LogP contribution in [0.1, 0.15) is 61.9 Å². The zero-order chi connectivity index (χ0) is 15.9. The van der Waals surface area contributed by atoms with Crippen molar-refractivity contribution in [3.63, 3.8) is 0 Å². The average molecular weight is 333 g/mol. The molecule has 124 valence electrons. The van der Waals surface area contributed by atoms with E-state index in [0.29, 0.717) is 11.7 Å². The Morgan fingerprint density at radius 3 is 2.65 bits per heavy atom. The van der Waals surface area contributed by atoms with Gasteiger partial charge in [0.05, 0.1) is 11.2 Å². The molecule has 6 nitrogen and oxygen atoms in total. The first-order valence-electron chi connectivity index (χ1n) is 8.44. The summed E-state index contributed by atoms with van der Waals surface area (Å²) >= 11 is 1.72. The van der Waals surface area contributed by atoms with E-state index >= 15 is 0 Å². The third-order valence-electron chi connectivity index (χ3n) is 5.10. The molecule has 1 saturated heterocycles. The first kappa shape index (κ1) is 15.1. The Morgan fingerprint density at radius 2 is 2.00 bits per heavy atom. The Bertz CT molecular complexity index is 668. The van der Waals surface area contributed by atoms with Crippen molar-refractivity contribution in [2.45, 2.75) is 56.9 Å². The van der Waals surface area contributed by atoms with Crippen LogP contribution >= 0.6 is 11.3 Å². The number of nitrogens with two attached hydrogens (primary N) is 1. The van der Waals surface area contributed by atoms with Gasteiger partial charge in [-0.05, 0) is 32.6 Å². The standard InChI is InChI=1S/C16H23N5OS/c1-11-10-23-15(18-11)21-8-4-12(5-9-21)13-19-14(20-22-13)16(17)6-2-3-7-16/h10,12H,2-9,17H2,1H3. The molecule has 3 heterocycles. The van der Waals surface area contributed by atoms with Crippen molar-refractivity contribution in [3.8, 4) is 0 Å². The van der Waals surface area contributed by atoms with E-state index < -0.39 is 0 Å². The summed E-state index contributed by atoms with van der Waals surface area (Å²) in [6, 6.07) is 0. The highest BCUT2D eigenvalue weighted by Gasteiger charge is 2.37. The Kier molecular flexibility index (Phi) is 3.85. The first-order valence-corrected chi connectivity index (χ1v) is 9.32. The summed E-state index contributed by atoms with van der Waals surface area (Å²) < 4.78 is 5.55. The Balaban J connectivity index is 1.42. The predicted molar refractivity (Wildman–Crippen MR) is 89.7 cm³/mol. The maximum Gasteiger partial charge on any atom is 0.229 e. The van der Waals surface area contributed by atoms with Gasteiger partial charge in [0.25, 0.3) is 0 Å². The molecule has 0 atom stereocenters. The number of aryl methyl sites for hydroxylation is 1. The lowest BCUT2D eigenvalue weighted by Gasteiger charge is -2.30. The molecule has 0 unspecified atom stereocenters. The van der Waals surface area contributed by atoms with Gasteiger partial charge in [0, 0.05) is 24.4 Å². The van der Waals surface area contributed by atoms with Gasteiger partial charge in [0.15, 0.2) is 11.0 Å². The molecule has 23 heavy (non-hydrogen) atoms. The topological polar surface area (TPSA) is 81.1 Å². The summed E-state index contributed by atoms with van der Waals surface area (Å²) in [6.45, 7) is 4.02. The molecule has 0 radical (unpaired) electrons. The van der Waals surface area contributed by atoms with E-state index in [9.17, 15) is 0 Å². The van der Waals surface area contributed by atoms with Crippen molar-refractivity contribution < 1.29 is 4.52 Å². The fourth-order valence-corrected chi connectivity index (χ4v) is 4.49. The molecule has 1 aliphatic carbocycles. The minimum Gasteiger partial charge on any atom is -0.348 e. The van der Waals surface area contributed by atoms with Crippen molar-refractivity contribution in [3.05, 3.63) is 22.8 Å². The number of anilines is 1. The third-order valence-corrected chi connectivity index (χ3v) is 6.12. The Hall–Kier alpha value is -1.47. The van der Waals surface area contributed by atoms with Crippen LogP contribution in [-0.2, 0) is 5.54 Å². The molecule has 7 heteroatoms. The number of thiazole rings is 1. The number of rotatable bonds is 3. The van der Waals surface area contributed by atoms with Crippen LogP contribution in [0.4, 0.5) is 5.13 Å². The van der Waals surface area contributed by atoms with Gasteiger partial charge >= 0.3 is 0 Å². The monoisotopic (exact) mass is 333 g/mol. The van der Waals surface area contributed by atoms with Gasteiger partial charge in [-0.3, -0.25) is 0 Å². The van der Waals surface area contributed by atoms with Gasteiger partial charge in [0.1, 0.15) is 0 Å². The third kappa shape index (κ3) is 2.87. The maximum absolute atomic E-state index is 6.42. The smallest absolute Gasteiger partial charge is 0.229 e. The lowest BCUT2D eigenvalue weighted by molar-refractivity contribution is 0.317. The molecule has 2 aromatic heterocycles. The minimum atomic E-state index is -0.360. The SMILES string of the molecule is Cc1csc(N2CCC(c3nc(C4(N)CCCC4)no3)CC2)n1. The normalized spacial score (nSPS) is 21.9. The van der Waals surface area contributed by atoms with Gasteiger partial charge in [-0.25, -0.2) is 4.98 Å². The Labute approximate surface area is 140 Å². The molecule has 0 aromatic carbocycles. The molecule has 2 N–H and O–H groups in total. The molecular weight excluding hydrogens is 310 g/mol. The largest absolute Gasteiger partial charge is 0.348 e. The van der Waals surface area contributed by atoms with Crippen LogP contribution in [0, 0.1) is 6.92 Å². The fourth-order valence-electron chi connectivity index (χ4n) is 3.64. The minimum absolute atomic E-state index is 0.346. The number of piperidine rings is 1. The highest BCUT2D eigenvalue weighted by Crippen LogP contribution is 2.36. The highest BCUT2D eigenvalue weighted by molar-refractivity contribution is 7.13. The Morgan fingerprint density at radius 1 is 1.26 bits per heavy atom. The van der Waals surface area contributed by atoms with Crippen molar-refractivity contribution in [1.29, 1.82) is 0 Å². The van der Waals surface area contributed by atoms with E-state index in [2.05, 4.69) is 25.4 Å². The molecule has 0 bridgehead atoms. The van der Waals surface area contributed by atoms with E-state index in [1.54, 1.807) is 11.3 Å². The van der Waals surface area contributed by atoms with Crippen LogP contribution in [0.3, 0.4) is 0 Å². The summed E-state index contributed by atoms with van der Waals surface area (Å²) in [4.78, 5) is 11.6. The van der Waals surface area contributed by atoms with Crippen molar-refractivity contribution >= 4 is 16.5 Å². The van der Waals surface area contributed by atoms with Crippen LogP contribution in [-0.4, -0.2) is 28.2 Å². The molecule has 1 saturated carbocycles. The van der Waals surface area contributed by atoms with Gasteiger partial charge < -0.3 is 15.2 Å². The maximum atomic E-state index is 6.42. The van der Waals surface area contributed by atoms with E-state index in [1.807, 2.05) is 6.92 Å². The van der Waals surface area contributed by atoms with Crippen LogP contribution < -0.4 is 10.6 Å². The second kappa shape index (κ2) is 5.87. The number of nitrogens with zero attached hydrogens (tertiary/aromatic N) is 4. The van der Waals surface area contributed by atoms with Gasteiger partial charge in [-0.2, -0.15) is 4.98 Å². The van der Waals surface area contributed by atoms with Crippen LogP contribution in [0.5, 0.6) is 0 Å². The molecule has 2 fully saturated rings. The molecule has 2 aliphatic rings. The molecular formula is C16H23N5OS. The summed E-state index contributed by atoms with van der Waals surface area (Å²) in [7, 11) is 0. The molecule has 0 amide bonds. The van der Waals surface area contributed by atoms with Crippen LogP contribution in [0.15, 0.2) is 9.90 Å². The summed E-state index contributed by atoms with van der Waals surface area (Å²) in [5, 5.41) is 7.42. The highest BCUT2D eigenvalue weighted by atomic mass is 32.1. The number of hydrogen-bond donors (Lipinski definition) is 1. The molecule has 1 aliphatic heterocycles. The van der Waals surface area contributed by atoms with Crippen molar-refractivity contribution in [2.24, 2.45) is 5.73 Å². The van der Waals surface area contributed by atoms with E-state index in [1.165, 1.54) is 0 Å². The quantitative estimate of drug-likeness (QED) is 0.930. The van der Waals surface area contributed by atoms with Gasteiger partial charge in [0.2, 0.25) is 5.89 Å². The zero-order valence-corrected chi connectivity index (χ0v) is 14.3. The lowest BCUT2D eigenvalue weighted by atomic mass is 9.96. The zero-order valence-electron chi connectivity index (χ0n) is 13.5. The lowest BCUT2D eigenvalue weighted by Crippen LogP contribution is -2.35. The van der Waals surface area contributed by atoms with Gasteiger partial charge in [-0.1, -0.05) is 18.0 Å².